The summed E-state index contributed by atoms with van der Waals surface area (Å²) in [6, 6.07) is 0.429. The van der Waals surface area contributed by atoms with Crippen LogP contribution < -0.4 is 0 Å². The van der Waals surface area contributed by atoms with Crippen LogP contribution in [0.1, 0.15) is 51.9 Å². The Labute approximate surface area is 94.0 Å². The first-order valence-electron chi connectivity index (χ1n) is 6.43. The monoisotopic (exact) mass is 229 g/mol. The van der Waals surface area contributed by atoms with E-state index in [1.165, 1.54) is 32.1 Å². The molecule has 1 aliphatic carbocycles. The number of hydrogen-bond donors (Lipinski definition) is 0. The minimum absolute atomic E-state index is 0.429. The van der Waals surface area contributed by atoms with E-state index in [9.17, 15) is 4.21 Å². The summed E-state index contributed by atoms with van der Waals surface area (Å²) in [6.45, 7) is 2.28. The molecule has 2 aliphatic rings. The fourth-order valence-electron chi connectivity index (χ4n) is 2.79. The van der Waals surface area contributed by atoms with Gasteiger partial charge in [-0.1, -0.05) is 13.3 Å². The van der Waals surface area contributed by atoms with Crippen molar-refractivity contribution in [1.29, 1.82) is 0 Å². The van der Waals surface area contributed by atoms with Crippen LogP contribution >= 0.6 is 0 Å². The molecule has 0 aromatic carbocycles. The van der Waals surface area contributed by atoms with Gasteiger partial charge in [0.1, 0.15) is 0 Å². The van der Waals surface area contributed by atoms with Crippen LogP contribution in [0.2, 0.25) is 0 Å². The van der Waals surface area contributed by atoms with Crippen LogP contribution in [0, 0.1) is 5.92 Å². The molecule has 0 spiro atoms. The first kappa shape index (κ1) is 11.4. The third kappa shape index (κ3) is 2.96. The van der Waals surface area contributed by atoms with Gasteiger partial charge in [0.05, 0.1) is 6.04 Å². The maximum atomic E-state index is 12.2. The predicted octanol–water partition coefficient (Wildman–Crippen LogP) is 3.22. The van der Waals surface area contributed by atoms with Gasteiger partial charge in [0.15, 0.2) is 0 Å². The average molecular weight is 229 g/mol. The second-order valence-corrected chi connectivity index (χ2v) is 7.65. The van der Waals surface area contributed by atoms with Gasteiger partial charge in [-0.05, 0) is 44.4 Å². The van der Waals surface area contributed by atoms with Crippen molar-refractivity contribution in [2.45, 2.75) is 57.9 Å². The highest BCUT2D eigenvalue weighted by atomic mass is 32.2. The molecule has 0 atom stereocenters. The number of rotatable bonds is 2. The average Bonchev–Trinajstić information content (AvgIpc) is 2.66. The van der Waals surface area contributed by atoms with Crippen LogP contribution in [0.3, 0.4) is 0 Å². The summed E-state index contributed by atoms with van der Waals surface area (Å²) in [5.74, 6) is 2.67. The molecule has 0 unspecified atom stereocenters. The van der Waals surface area contributed by atoms with Crippen molar-refractivity contribution in [3.8, 4) is 0 Å². The highest BCUT2D eigenvalue weighted by Crippen LogP contribution is 2.29. The molecular formula is C12H23NOS. The van der Waals surface area contributed by atoms with E-state index in [0.29, 0.717) is 6.04 Å². The van der Waals surface area contributed by atoms with Crippen molar-refractivity contribution in [3.63, 3.8) is 0 Å². The Balaban J connectivity index is 1.94. The molecule has 1 saturated carbocycles. The summed E-state index contributed by atoms with van der Waals surface area (Å²) < 4.78 is 16.9. The third-order valence-corrected chi connectivity index (χ3v) is 6.45. The third-order valence-electron chi connectivity index (χ3n) is 3.91. The summed E-state index contributed by atoms with van der Waals surface area (Å²) in [5, 5.41) is 0. The van der Waals surface area contributed by atoms with E-state index in [1.807, 2.05) is 0 Å². The van der Waals surface area contributed by atoms with E-state index in [1.54, 1.807) is 0 Å². The highest BCUT2D eigenvalue weighted by molar-refractivity contribution is 7.93. The van der Waals surface area contributed by atoms with Crippen LogP contribution in [0.15, 0.2) is 4.36 Å². The molecule has 88 valence electrons. The van der Waals surface area contributed by atoms with Crippen molar-refractivity contribution >= 4 is 9.73 Å². The molecule has 1 saturated heterocycles. The zero-order valence-electron chi connectivity index (χ0n) is 9.78. The molecule has 0 aromatic heterocycles. The van der Waals surface area contributed by atoms with Crippen LogP contribution in [0.5, 0.6) is 0 Å². The molecule has 2 rings (SSSR count). The SMILES string of the molecule is CCC1CCC(N=S2(=O)CCCC2)CC1. The van der Waals surface area contributed by atoms with E-state index in [4.69, 9.17) is 0 Å². The molecular weight excluding hydrogens is 206 g/mol. The fraction of sp³-hybridized carbons (Fsp3) is 1.00. The van der Waals surface area contributed by atoms with Gasteiger partial charge in [-0.2, -0.15) is 0 Å². The van der Waals surface area contributed by atoms with Crippen LogP contribution in [-0.4, -0.2) is 21.8 Å². The largest absolute Gasteiger partial charge is 0.250 e. The van der Waals surface area contributed by atoms with Gasteiger partial charge < -0.3 is 0 Å². The molecule has 0 amide bonds. The van der Waals surface area contributed by atoms with Crippen molar-refractivity contribution in [2.75, 3.05) is 11.5 Å². The first-order valence-corrected chi connectivity index (χ1v) is 8.29. The standard InChI is InChI=1S/C12H23NOS/c1-2-11-5-7-12(8-6-11)13-15(14)9-3-4-10-15/h11-12H,2-10H2,1H3. The number of nitrogens with zero attached hydrogens (tertiary/aromatic N) is 1. The summed E-state index contributed by atoms with van der Waals surface area (Å²) in [5.41, 5.74) is 0. The lowest BCUT2D eigenvalue weighted by Crippen LogP contribution is -2.19. The quantitative estimate of drug-likeness (QED) is 0.715. The Hall–Kier alpha value is -0.0500. The van der Waals surface area contributed by atoms with E-state index < -0.39 is 9.73 Å². The molecule has 0 radical (unpaired) electrons. The lowest BCUT2D eigenvalue weighted by Gasteiger charge is -2.25. The maximum Gasteiger partial charge on any atom is 0.0594 e. The zero-order chi connectivity index (χ0) is 10.7. The second-order valence-electron chi connectivity index (χ2n) is 5.08. The molecule has 15 heavy (non-hydrogen) atoms. The zero-order valence-corrected chi connectivity index (χ0v) is 10.6. The summed E-state index contributed by atoms with van der Waals surface area (Å²) >= 11 is 0. The minimum Gasteiger partial charge on any atom is -0.250 e. The highest BCUT2D eigenvalue weighted by Gasteiger charge is 2.23. The van der Waals surface area contributed by atoms with Crippen LogP contribution in [0.25, 0.3) is 0 Å². The Morgan fingerprint density at radius 3 is 2.27 bits per heavy atom. The van der Waals surface area contributed by atoms with Crippen molar-refractivity contribution in [1.82, 2.24) is 0 Å². The topological polar surface area (TPSA) is 29.4 Å². The molecule has 1 heterocycles. The van der Waals surface area contributed by atoms with E-state index in [0.717, 1.165) is 30.3 Å². The normalized spacial score (nSPS) is 35.3. The van der Waals surface area contributed by atoms with Gasteiger partial charge in [-0.25, -0.2) is 8.57 Å². The molecule has 1 aliphatic heterocycles. The van der Waals surface area contributed by atoms with Gasteiger partial charge in [0.25, 0.3) is 0 Å². The molecule has 0 N–H and O–H groups in total. The van der Waals surface area contributed by atoms with Crippen molar-refractivity contribution < 1.29 is 4.21 Å². The van der Waals surface area contributed by atoms with Gasteiger partial charge in [0, 0.05) is 21.2 Å². The Morgan fingerprint density at radius 2 is 1.73 bits per heavy atom. The van der Waals surface area contributed by atoms with Crippen LogP contribution in [-0.2, 0) is 9.73 Å². The Bertz CT molecular complexity index is 298. The van der Waals surface area contributed by atoms with Crippen molar-refractivity contribution in [2.24, 2.45) is 10.3 Å². The molecule has 2 nitrogen and oxygen atoms in total. The predicted molar refractivity (Wildman–Crippen MR) is 65.6 cm³/mol. The van der Waals surface area contributed by atoms with E-state index in [-0.39, 0.29) is 0 Å². The van der Waals surface area contributed by atoms with Gasteiger partial charge >= 0.3 is 0 Å². The molecule has 3 heteroatoms. The lowest BCUT2D eigenvalue weighted by atomic mass is 9.85. The summed E-state index contributed by atoms with van der Waals surface area (Å²) in [6.07, 6.45) is 8.56. The fourth-order valence-corrected chi connectivity index (χ4v) is 5.27. The maximum absolute atomic E-state index is 12.2. The Kier molecular flexibility index (Phi) is 3.70. The second kappa shape index (κ2) is 4.86. The van der Waals surface area contributed by atoms with Gasteiger partial charge in [0.2, 0.25) is 0 Å². The smallest absolute Gasteiger partial charge is 0.0594 e. The molecule has 0 aromatic rings. The minimum atomic E-state index is -1.75. The van der Waals surface area contributed by atoms with E-state index in [2.05, 4.69) is 11.3 Å². The van der Waals surface area contributed by atoms with Gasteiger partial charge in [-0.15, -0.1) is 0 Å². The van der Waals surface area contributed by atoms with Crippen LogP contribution in [0.4, 0.5) is 0 Å². The number of hydrogen-bond acceptors (Lipinski definition) is 2. The summed E-state index contributed by atoms with van der Waals surface area (Å²) in [7, 11) is -1.75. The lowest BCUT2D eigenvalue weighted by molar-refractivity contribution is 0.321. The first-order chi connectivity index (χ1) is 7.22. The Morgan fingerprint density at radius 1 is 1.13 bits per heavy atom. The van der Waals surface area contributed by atoms with Crippen molar-refractivity contribution in [3.05, 3.63) is 0 Å². The van der Waals surface area contributed by atoms with Gasteiger partial charge in [-0.3, -0.25) is 0 Å². The summed E-state index contributed by atoms with van der Waals surface area (Å²) in [4.78, 5) is 0. The van der Waals surface area contributed by atoms with E-state index >= 15 is 0 Å². The molecule has 2 fully saturated rings. The molecule has 0 bridgehead atoms.